The minimum Gasteiger partial charge on any atom is -0.462 e. The Kier molecular flexibility index (Phi) is 74.1. The first-order valence-electron chi connectivity index (χ1n) is 43.3. The van der Waals surface area contributed by atoms with Crippen molar-refractivity contribution in [3.8, 4) is 0 Å². The summed E-state index contributed by atoms with van der Waals surface area (Å²) in [5, 5.41) is 10.7. The largest absolute Gasteiger partial charge is 0.472 e. The number of rotatable bonds is 82. The third kappa shape index (κ3) is 77.7. The topological polar surface area (TPSA) is 237 Å². The molecule has 0 fully saturated rings. The molecule has 0 aliphatic heterocycles. The molecular formula is C85H162O17P2. The Balaban J connectivity index is 5.27. The quantitative estimate of drug-likeness (QED) is 0.0169. The molecule has 0 aliphatic rings. The van der Waals surface area contributed by atoms with Crippen molar-refractivity contribution in [1.29, 1.82) is 0 Å². The zero-order valence-electron chi connectivity index (χ0n) is 67.8. The lowest BCUT2D eigenvalue weighted by atomic mass is 10.0. The van der Waals surface area contributed by atoms with E-state index >= 15 is 0 Å². The third-order valence-corrected chi connectivity index (χ3v) is 21.2. The van der Waals surface area contributed by atoms with Crippen LogP contribution in [0.4, 0.5) is 0 Å². The number of ether oxygens (including phenoxy) is 4. The van der Waals surface area contributed by atoms with Crippen molar-refractivity contribution in [2.45, 2.75) is 445 Å². The Morgan fingerprint density at radius 1 is 0.298 bits per heavy atom. The molecule has 2 unspecified atom stereocenters. The van der Waals surface area contributed by atoms with Gasteiger partial charge in [-0.15, -0.1) is 0 Å². The van der Waals surface area contributed by atoms with E-state index in [0.717, 1.165) is 115 Å². The average Bonchev–Trinajstić information content (AvgIpc) is 0.906. The van der Waals surface area contributed by atoms with Crippen LogP contribution >= 0.6 is 15.6 Å². The summed E-state index contributed by atoms with van der Waals surface area (Å²) in [5.74, 6) is -0.516. The molecule has 0 bridgehead atoms. The SMILES string of the molecule is CCCCCC/C=C\C=C/CCCCCCCC(=O)O[C@H](COC(=O)CCCCCCCCCCCCC)COP(=O)(O)OC[C@H](O)COP(=O)(O)OC[C@@H](COC(=O)CCCCCCCCCCCCCCCCC(C)C)OC(=O)CCCCCCCCCCCCCCCCCCCCC(C)C. The normalized spacial score (nSPS) is 14.0. The van der Waals surface area contributed by atoms with E-state index < -0.39 is 97.5 Å². The minimum absolute atomic E-state index is 0.0855. The maximum absolute atomic E-state index is 13.1. The fourth-order valence-electron chi connectivity index (χ4n) is 12.7. The van der Waals surface area contributed by atoms with Crippen LogP contribution in [0.25, 0.3) is 0 Å². The first-order chi connectivity index (χ1) is 50.4. The molecule has 0 heterocycles. The summed E-state index contributed by atoms with van der Waals surface area (Å²) in [6.45, 7) is 9.65. The zero-order valence-corrected chi connectivity index (χ0v) is 69.6. The predicted molar refractivity (Wildman–Crippen MR) is 427 cm³/mol. The number of hydrogen-bond donors (Lipinski definition) is 3. The molecule has 0 aromatic rings. The van der Waals surface area contributed by atoms with Gasteiger partial charge >= 0.3 is 39.5 Å². The number of carbonyl (C=O) groups is 4. The van der Waals surface area contributed by atoms with Crippen LogP contribution in [0.15, 0.2) is 24.3 Å². The van der Waals surface area contributed by atoms with Crippen molar-refractivity contribution < 1.29 is 80.2 Å². The second-order valence-electron chi connectivity index (χ2n) is 30.8. The number of unbranched alkanes of at least 4 members (excludes halogenated alkanes) is 49. The predicted octanol–water partition coefficient (Wildman–Crippen LogP) is 25.4. The van der Waals surface area contributed by atoms with E-state index in [9.17, 15) is 43.2 Å². The van der Waals surface area contributed by atoms with E-state index in [-0.39, 0.29) is 25.7 Å². The summed E-state index contributed by atoms with van der Waals surface area (Å²) in [6, 6.07) is 0. The van der Waals surface area contributed by atoms with Gasteiger partial charge in [0.2, 0.25) is 0 Å². The van der Waals surface area contributed by atoms with Crippen LogP contribution in [0.1, 0.15) is 427 Å². The van der Waals surface area contributed by atoms with Crippen molar-refractivity contribution in [3.63, 3.8) is 0 Å². The molecule has 0 aromatic carbocycles. The Morgan fingerprint density at radius 2 is 0.519 bits per heavy atom. The highest BCUT2D eigenvalue weighted by molar-refractivity contribution is 7.47. The number of hydrogen-bond acceptors (Lipinski definition) is 15. The van der Waals surface area contributed by atoms with Crippen LogP contribution in [0.5, 0.6) is 0 Å². The number of carbonyl (C=O) groups excluding carboxylic acids is 4. The first kappa shape index (κ1) is 102. The third-order valence-electron chi connectivity index (χ3n) is 19.3. The molecule has 0 aliphatic carbocycles. The van der Waals surface area contributed by atoms with E-state index in [1.165, 1.54) is 231 Å². The molecule has 0 aromatic heterocycles. The standard InChI is InChI=1S/C85H162O17P2/c1-7-9-11-13-15-17-19-20-25-33-39-45-51-57-63-69-84(89)101-80(73-95-82(87)67-61-55-49-43-35-18-16-14-12-10-8-2)75-99-103(91,92)97-71-79(86)72-98-104(93,94)100-76-81(74-96-83(88)68-62-56-50-44-38-32-29-28-31-37-42-48-54-60-66-78(5)6)102-85(90)70-64-58-52-46-40-34-27-24-22-21-23-26-30-36-41-47-53-59-65-77(3)4/h17,19-20,25,77-81,86H,7-16,18,21-24,26-76H2,1-6H3,(H,91,92)(H,93,94)/b19-17-,25-20-/t79-,80+,81+/m0/s1. The fraction of sp³-hybridized carbons (Fsp3) is 0.906. The van der Waals surface area contributed by atoms with Crippen LogP contribution in [0, 0.1) is 11.8 Å². The van der Waals surface area contributed by atoms with Crippen LogP contribution in [-0.2, 0) is 65.4 Å². The summed E-state index contributed by atoms with van der Waals surface area (Å²) in [7, 11) is -9.94. The smallest absolute Gasteiger partial charge is 0.462 e. The summed E-state index contributed by atoms with van der Waals surface area (Å²) < 4.78 is 68.8. The van der Waals surface area contributed by atoms with Crippen molar-refractivity contribution in [3.05, 3.63) is 24.3 Å². The second-order valence-corrected chi connectivity index (χ2v) is 33.7. The van der Waals surface area contributed by atoms with Gasteiger partial charge in [-0.05, 0) is 63.2 Å². The lowest BCUT2D eigenvalue weighted by molar-refractivity contribution is -0.161. The number of aliphatic hydroxyl groups excluding tert-OH is 1. The molecule has 614 valence electrons. The monoisotopic (exact) mass is 1520 g/mol. The van der Waals surface area contributed by atoms with Crippen LogP contribution < -0.4 is 0 Å². The van der Waals surface area contributed by atoms with Gasteiger partial charge in [0.1, 0.15) is 19.3 Å². The maximum Gasteiger partial charge on any atom is 0.472 e. The number of esters is 4. The lowest BCUT2D eigenvalue weighted by Crippen LogP contribution is -2.30. The first-order valence-corrected chi connectivity index (χ1v) is 46.3. The molecule has 0 radical (unpaired) electrons. The molecule has 19 heteroatoms. The van der Waals surface area contributed by atoms with Crippen LogP contribution in [-0.4, -0.2) is 96.7 Å². The van der Waals surface area contributed by atoms with E-state index in [1.54, 1.807) is 0 Å². The molecule has 0 amide bonds. The summed E-state index contributed by atoms with van der Waals surface area (Å²) in [6.07, 6.45) is 70.1. The summed E-state index contributed by atoms with van der Waals surface area (Å²) in [4.78, 5) is 73.1. The summed E-state index contributed by atoms with van der Waals surface area (Å²) >= 11 is 0. The molecular weight excluding hydrogens is 1350 g/mol. The van der Waals surface area contributed by atoms with Gasteiger partial charge in [0.05, 0.1) is 26.4 Å². The molecule has 0 saturated heterocycles. The van der Waals surface area contributed by atoms with Gasteiger partial charge in [0.15, 0.2) is 12.2 Å². The average molecular weight is 1520 g/mol. The number of phosphoric acid groups is 2. The maximum atomic E-state index is 13.1. The molecule has 3 N–H and O–H groups in total. The Labute approximate surface area is 637 Å². The number of allylic oxidation sites excluding steroid dienone is 4. The minimum atomic E-state index is -4.97. The van der Waals surface area contributed by atoms with Gasteiger partial charge < -0.3 is 33.8 Å². The second kappa shape index (κ2) is 75.9. The van der Waals surface area contributed by atoms with Gasteiger partial charge in [-0.1, -0.05) is 374 Å². The molecule has 17 nitrogen and oxygen atoms in total. The van der Waals surface area contributed by atoms with Crippen LogP contribution in [0.3, 0.4) is 0 Å². The Morgan fingerprint density at radius 3 is 0.788 bits per heavy atom. The highest BCUT2D eigenvalue weighted by Crippen LogP contribution is 2.45. The number of aliphatic hydroxyl groups is 1. The van der Waals surface area contributed by atoms with Crippen molar-refractivity contribution in [2.75, 3.05) is 39.6 Å². The van der Waals surface area contributed by atoms with E-state index in [0.29, 0.717) is 25.7 Å². The lowest BCUT2D eigenvalue weighted by Gasteiger charge is -2.21. The van der Waals surface area contributed by atoms with Gasteiger partial charge in [-0.2, -0.15) is 0 Å². The Hall–Kier alpha value is -2.46. The van der Waals surface area contributed by atoms with Crippen molar-refractivity contribution in [2.24, 2.45) is 11.8 Å². The molecule has 104 heavy (non-hydrogen) atoms. The van der Waals surface area contributed by atoms with E-state index in [2.05, 4.69) is 65.8 Å². The van der Waals surface area contributed by atoms with Crippen molar-refractivity contribution >= 4 is 39.5 Å². The zero-order chi connectivity index (χ0) is 76.4. The Bertz CT molecular complexity index is 2090. The van der Waals surface area contributed by atoms with Crippen LogP contribution in [0.2, 0.25) is 0 Å². The number of phosphoric ester groups is 2. The highest BCUT2D eigenvalue weighted by Gasteiger charge is 2.30. The van der Waals surface area contributed by atoms with E-state index in [1.807, 2.05) is 0 Å². The van der Waals surface area contributed by atoms with Gasteiger partial charge in [0, 0.05) is 25.7 Å². The molecule has 5 atom stereocenters. The van der Waals surface area contributed by atoms with Gasteiger partial charge in [-0.25, -0.2) is 9.13 Å². The molecule has 0 spiro atoms. The van der Waals surface area contributed by atoms with Crippen molar-refractivity contribution in [1.82, 2.24) is 0 Å². The highest BCUT2D eigenvalue weighted by atomic mass is 31.2. The van der Waals surface area contributed by atoms with Gasteiger partial charge in [-0.3, -0.25) is 37.3 Å². The van der Waals surface area contributed by atoms with Gasteiger partial charge in [0.25, 0.3) is 0 Å². The molecule has 0 saturated carbocycles. The summed E-state index contributed by atoms with van der Waals surface area (Å²) in [5.41, 5.74) is 0. The fourth-order valence-corrected chi connectivity index (χ4v) is 14.3. The molecule has 0 rings (SSSR count). The van der Waals surface area contributed by atoms with E-state index in [4.69, 9.17) is 37.0 Å².